The van der Waals surface area contributed by atoms with Crippen LogP contribution in [-0.4, -0.2) is 48.6 Å². The quantitative estimate of drug-likeness (QED) is 0.401. The molecule has 4 aromatic heterocycles. The molecule has 0 spiro atoms. The summed E-state index contributed by atoms with van der Waals surface area (Å²) in [6, 6.07) is 16.1. The Bertz CT molecular complexity index is 1230. The second kappa shape index (κ2) is 11.0. The van der Waals surface area contributed by atoms with Crippen LogP contribution in [0.5, 0.6) is 0 Å². The molecule has 35 heavy (non-hydrogen) atoms. The minimum atomic E-state index is -1.33. The number of hydrogen-bond acceptors (Lipinski definition) is 6. The summed E-state index contributed by atoms with van der Waals surface area (Å²) in [5.41, 5.74) is 3.52. The Morgan fingerprint density at radius 2 is 1.37 bits per heavy atom. The van der Waals surface area contributed by atoms with Crippen molar-refractivity contribution in [3.63, 3.8) is 0 Å². The molecule has 3 amide bonds. The lowest BCUT2D eigenvalue weighted by molar-refractivity contribution is 0.154. The molecule has 4 heterocycles. The molecule has 4 rings (SSSR count). The number of carbonyl (C=O) groups excluding carboxylic acids is 1. The SMILES string of the molecule is CCN(C(=O)O)C(=O)Nc1cccc(C(c2cccnc2)C(c2cccnc2)c2cccnc2)n1. The molecule has 0 saturated carbocycles. The van der Waals surface area contributed by atoms with E-state index in [0.717, 1.165) is 16.7 Å². The largest absolute Gasteiger partial charge is 0.465 e. The Hall–Kier alpha value is -4.66. The van der Waals surface area contributed by atoms with Crippen LogP contribution in [-0.2, 0) is 0 Å². The van der Waals surface area contributed by atoms with Crippen molar-refractivity contribution in [2.45, 2.75) is 18.8 Å². The average molecular weight is 469 g/mol. The molecule has 9 heteroatoms. The number of nitrogens with one attached hydrogen (secondary N) is 1. The monoisotopic (exact) mass is 468 g/mol. The summed E-state index contributed by atoms with van der Waals surface area (Å²) in [5.74, 6) is -0.251. The van der Waals surface area contributed by atoms with Gasteiger partial charge in [-0.25, -0.2) is 19.5 Å². The fourth-order valence-electron chi connectivity index (χ4n) is 4.03. The third-order valence-corrected chi connectivity index (χ3v) is 5.58. The lowest BCUT2D eigenvalue weighted by Gasteiger charge is -2.28. The van der Waals surface area contributed by atoms with E-state index in [4.69, 9.17) is 4.98 Å². The van der Waals surface area contributed by atoms with Crippen LogP contribution >= 0.6 is 0 Å². The third-order valence-electron chi connectivity index (χ3n) is 5.58. The van der Waals surface area contributed by atoms with Gasteiger partial charge < -0.3 is 5.11 Å². The highest BCUT2D eigenvalue weighted by atomic mass is 16.4. The van der Waals surface area contributed by atoms with Crippen LogP contribution in [0.15, 0.2) is 91.8 Å². The zero-order chi connectivity index (χ0) is 24.6. The fourth-order valence-corrected chi connectivity index (χ4v) is 4.03. The van der Waals surface area contributed by atoms with Gasteiger partial charge in [0, 0.05) is 55.6 Å². The summed E-state index contributed by atoms with van der Waals surface area (Å²) in [5, 5.41) is 11.9. The van der Waals surface area contributed by atoms with E-state index in [2.05, 4.69) is 20.3 Å². The minimum Gasteiger partial charge on any atom is -0.465 e. The molecule has 0 fully saturated rings. The summed E-state index contributed by atoms with van der Waals surface area (Å²) < 4.78 is 0. The molecule has 0 saturated heterocycles. The Morgan fingerprint density at radius 3 is 1.83 bits per heavy atom. The fraction of sp³-hybridized carbons (Fsp3) is 0.154. The summed E-state index contributed by atoms with van der Waals surface area (Å²) >= 11 is 0. The van der Waals surface area contributed by atoms with Gasteiger partial charge in [0.1, 0.15) is 5.82 Å². The standard InChI is InChI=1S/C26H24N6O3/c1-2-32(26(34)35)25(33)31-22-11-3-10-21(30-22)24(20-9-6-14-29-17-20)23(18-7-4-12-27-15-18)19-8-5-13-28-16-19/h3-17,23-24H,2H2,1H3,(H,34,35)(H,30,31,33). The van der Waals surface area contributed by atoms with E-state index in [0.29, 0.717) is 10.6 Å². The second-order valence-corrected chi connectivity index (χ2v) is 7.72. The van der Waals surface area contributed by atoms with E-state index in [1.807, 2.05) is 54.9 Å². The van der Waals surface area contributed by atoms with Crippen molar-refractivity contribution in [2.24, 2.45) is 0 Å². The van der Waals surface area contributed by atoms with Crippen LogP contribution in [0, 0.1) is 0 Å². The first-order valence-electron chi connectivity index (χ1n) is 11.1. The van der Waals surface area contributed by atoms with Gasteiger partial charge in [0.25, 0.3) is 0 Å². The predicted molar refractivity (Wildman–Crippen MR) is 130 cm³/mol. The number of hydrogen-bond donors (Lipinski definition) is 2. The Kier molecular flexibility index (Phi) is 7.37. The molecule has 176 valence electrons. The number of carboxylic acid groups (broad SMARTS) is 1. The van der Waals surface area contributed by atoms with Gasteiger partial charge in [0.05, 0.1) is 5.69 Å². The molecule has 1 atom stereocenters. The molecule has 1 unspecified atom stereocenters. The normalized spacial score (nSPS) is 11.6. The maximum absolute atomic E-state index is 12.5. The molecular formula is C26H24N6O3. The van der Waals surface area contributed by atoms with Gasteiger partial charge in [-0.15, -0.1) is 0 Å². The molecular weight excluding hydrogens is 444 g/mol. The van der Waals surface area contributed by atoms with E-state index in [1.54, 1.807) is 43.8 Å². The molecule has 0 aromatic carbocycles. The van der Waals surface area contributed by atoms with E-state index in [9.17, 15) is 14.7 Å². The third kappa shape index (κ3) is 5.47. The highest BCUT2D eigenvalue weighted by Gasteiger charge is 2.30. The summed E-state index contributed by atoms with van der Waals surface area (Å²) in [6.45, 7) is 1.60. The molecule has 0 aliphatic carbocycles. The van der Waals surface area contributed by atoms with Crippen LogP contribution in [0.2, 0.25) is 0 Å². The van der Waals surface area contributed by atoms with Gasteiger partial charge in [-0.05, 0) is 53.9 Å². The lowest BCUT2D eigenvalue weighted by Crippen LogP contribution is -2.39. The summed E-state index contributed by atoms with van der Waals surface area (Å²) in [4.78, 5) is 42.2. The number of pyridine rings is 4. The van der Waals surface area contributed by atoms with Crippen molar-refractivity contribution in [3.8, 4) is 0 Å². The zero-order valence-corrected chi connectivity index (χ0v) is 19.0. The highest BCUT2D eigenvalue weighted by molar-refractivity contribution is 5.97. The number of aromatic nitrogens is 4. The first-order chi connectivity index (χ1) is 17.1. The zero-order valence-electron chi connectivity index (χ0n) is 19.0. The Labute approximate surface area is 202 Å². The number of rotatable bonds is 7. The van der Waals surface area contributed by atoms with Gasteiger partial charge in [-0.1, -0.05) is 24.3 Å². The van der Waals surface area contributed by atoms with Gasteiger partial charge in [0.2, 0.25) is 0 Å². The molecule has 0 aliphatic heterocycles. The molecule has 0 aliphatic rings. The maximum Gasteiger partial charge on any atom is 0.415 e. The lowest BCUT2D eigenvalue weighted by atomic mass is 9.76. The second-order valence-electron chi connectivity index (χ2n) is 7.72. The number of carbonyl (C=O) groups is 2. The molecule has 0 bridgehead atoms. The van der Waals surface area contributed by atoms with E-state index in [1.165, 1.54) is 0 Å². The van der Waals surface area contributed by atoms with E-state index >= 15 is 0 Å². The molecule has 0 radical (unpaired) electrons. The average Bonchev–Trinajstić information content (AvgIpc) is 2.89. The van der Waals surface area contributed by atoms with Crippen LogP contribution in [0.4, 0.5) is 15.4 Å². The van der Waals surface area contributed by atoms with Crippen LogP contribution in [0.3, 0.4) is 0 Å². The van der Waals surface area contributed by atoms with Gasteiger partial charge in [-0.3, -0.25) is 20.3 Å². The first kappa shape index (κ1) is 23.5. The molecule has 4 aromatic rings. The molecule has 9 nitrogen and oxygen atoms in total. The van der Waals surface area contributed by atoms with Crippen molar-refractivity contribution in [2.75, 3.05) is 11.9 Å². The number of imide groups is 1. The van der Waals surface area contributed by atoms with Crippen molar-refractivity contribution in [1.82, 2.24) is 24.8 Å². The Balaban J connectivity index is 1.81. The van der Waals surface area contributed by atoms with Crippen LogP contribution in [0.25, 0.3) is 0 Å². The van der Waals surface area contributed by atoms with Crippen molar-refractivity contribution in [1.29, 1.82) is 0 Å². The summed E-state index contributed by atoms with van der Waals surface area (Å²) in [7, 11) is 0. The topological polar surface area (TPSA) is 121 Å². The smallest absolute Gasteiger partial charge is 0.415 e. The van der Waals surface area contributed by atoms with E-state index < -0.39 is 12.1 Å². The number of urea groups is 1. The Morgan fingerprint density at radius 1 is 0.829 bits per heavy atom. The van der Waals surface area contributed by atoms with Gasteiger partial charge >= 0.3 is 12.1 Å². The van der Waals surface area contributed by atoms with E-state index in [-0.39, 0.29) is 24.2 Å². The first-order valence-corrected chi connectivity index (χ1v) is 11.1. The predicted octanol–water partition coefficient (Wildman–Crippen LogP) is 4.76. The van der Waals surface area contributed by atoms with Crippen molar-refractivity contribution in [3.05, 3.63) is 114 Å². The van der Waals surface area contributed by atoms with Gasteiger partial charge in [0.15, 0.2) is 0 Å². The number of amides is 3. The minimum absolute atomic E-state index is 0.0171. The van der Waals surface area contributed by atoms with Crippen molar-refractivity contribution < 1.29 is 14.7 Å². The van der Waals surface area contributed by atoms with Gasteiger partial charge in [-0.2, -0.15) is 0 Å². The highest BCUT2D eigenvalue weighted by Crippen LogP contribution is 2.41. The number of nitrogens with zero attached hydrogens (tertiary/aromatic N) is 5. The van der Waals surface area contributed by atoms with Crippen LogP contribution < -0.4 is 5.32 Å². The summed E-state index contributed by atoms with van der Waals surface area (Å²) in [6.07, 6.45) is 9.25. The maximum atomic E-state index is 12.5. The van der Waals surface area contributed by atoms with Crippen molar-refractivity contribution >= 4 is 17.9 Å². The van der Waals surface area contributed by atoms with Crippen LogP contribution in [0.1, 0.15) is 41.1 Å². The molecule has 2 N–H and O–H groups in total. The number of anilines is 1.